The molecule has 0 saturated heterocycles. The van der Waals surface area contributed by atoms with Crippen LogP contribution < -0.4 is 9.62 Å². The third-order valence-corrected chi connectivity index (χ3v) is 7.84. The van der Waals surface area contributed by atoms with E-state index in [2.05, 4.69) is 5.32 Å². The van der Waals surface area contributed by atoms with Crippen LogP contribution in [0.5, 0.6) is 0 Å². The Kier molecular flexibility index (Phi) is 10.6. The molecule has 3 rings (SSSR count). The summed E-state index contributed by atoms with van der Waals surface area (Å²) in [6.07, 6.45) is 1.72. The van der Waals surface area contributed by atoms with Gasteiger partial charge in [-0.2, -0.15) is 0 Å². The summed E-state index contributed by atoms with van der Waals surface area (Å²) in [5.74, 6) is -2.30. The molecule has 3 aromatic carbocycles. The number of hydrogen-bond donors (Lipinski definition) is 1. The first kappa shape index (κ1) is 31.0. The number of anilines is 1. The maximum absolute atomic E-state index is 13.9. The van der Waals surface area contributed by atoms with E-state index in [4.69, 9.17) is 11.6 Å². The molecule has 1 N–H and O–H groups in total. The van der Waals surface area contributed by atoms with Crippen LogP contribution in [0.4, 0.5) is 14.5 Å². The fourth-order valence-electron chi connectivity index (χ4n) is 4.04. The van der Waals surface area contributed by atoms with Crippen molar-refractivity contribution in [1.82, 2.24) is 10.2 Å². The van der Waals surface area contributed by atoms with Crippen LogP contribution in [-0.2, 0) is 32.6 Å². The van der Waals surface area contributed by atoms with E-state index in [1.54, 1.807) is 0 Å². The van der Waals surface area contributed by atoms with E-state index in [0.29, 0.717) is 12.0 Å². The van der Waals surface area contributed by atoms with Crippen molar-refractivity contribution in [2.75, 3.05) is 17.1 Å². The molecule has 2 atom stereocenters. The Labute approximate surface area is 238 Å². The normalized spacial score (nSPS) is 12.8. The Bertz CT molecular complexity index is 1420. The number of hydrogen-bond acceptors (Lipinski definition) is 4. The number of carbonyl (C=O) groups excluding carboxylic acids is 2. The van der Waals surface area contributed by atoms with Gasteiger partial charge in [-0.3, -0.25) is 13.9 Å². The highest BCUT2D eigenvalue weighted by Gasteiger charge is 2.33. The van der Waals surface area contributed by atoms with E-state index in [1.807, 2.05) is 44.2 Å². The quantitative estimate of drug-likeness (QED) is 0.323. The van der Waals surface area contributed by atoms with Crippen LogP contribution in [0.1, 0.15) is 31.4 Å². The van der Waals surface area contributed by atoms with E-state index in [-0.39, 0.29) is 29.7 Å². The fourth-order valence-corrected chi connectivity index (χ4v) is 5.05. The minimum absolute atomic E-state index is 0.00681. The van der Waals surface area contributed by atoms with E-state index in [9.17, 15) is 26.8 Å². The number of carbonyl (C=O) groups is 2. The molecule has 214 valence electrons. The van der Waals surface area contributed by atoms with Gasteiger partial charge in [0.05, 0.1) is 17.0 Å². The van der Waals surface area contributed by atoms with Crippen molar-refractivity contribution in [1.29, 1.82) is 0 Å². The number of sulfonamides is 1. The monoisotopic (exact) mass is 591 g/mol. The lowest BCUT2D eigenvalue weighted by Gasteiger charge is -2.34. The van der Waals surface area contributed by atoms with E-state index >= 15 is 0 Å². The van der Waals surface area contributed by atoms with E-state index < -0.39 is 46.1 Å². The molecule has 0 saturated carbocycles. The van der Waals surface area contributed by atoms with Gasteiger partial charge in [0, 0.05) is 19.0 Å². The molecule has 0 fully saturated rings. The molecule has 40 heavy (non-hydrogen) atoms. The van der Waals surface area contributed by atoms with Gasteiger partial charge in [-0.05, 0) is 54.8 Å². The predicted octanol–water partition coefficient (Wildman–Crippen LogP) is 4.94. The Morgan fingerprint density at radius 2 is 1.62 bits per heavy atom. The van der Waals surface area contributed by atoms with Gasteiger partial charge >= 0.3 is 0 Å². The molecule has 0 radical (unpaired) electrons. The minimum atomic E-state index is -4.03. The summed E-state index contributed by atoms with van der Waals surface area (Å²) in [6, 6.07) is 16.7. The summed E-state index contributed by atoms with van der Waals surface area (Å²) in [5, 5.41) is 2.62. The number of halogens is 3. The van der Waals surface area contributed by atoms with Gasteiger partial charge in [-0.15, -0.1) is 0 Å². The van der Waals surface area contributed by atoms with Gasteiger partial charge in [0.1, 0.15) is 24.2 Å². The zero-order chi connectivity index (χ0) is 29.4. The average Bonchev–Trinajstić information content (AvgIpc) is 2.91. The van der Waals surface area contributed by atoms with Gasteiger partial charge < -0.3 is 10.2 Å². The first-order valence-corrected chi connectivity index (χ1v) is 14.9. The van der Waals surface area contributed by atoms with Crippen molar-refractivity contribution >= 4 is 39.1 Å². The molecule has 2 amide bonds. The second-order valence-electron chi connectivity index (χ2n) is 9.54. The van der Waals surface area contributed by atoms with Crippen LogP contribution in [0, 0.1) is 11.6 Å². The Morgan fingerprint density at radius 1 is 0.975 bits per heavy atom. The SMILES string of the molecule is CCC(C)NC(=O)C(Cc1ccccc1)N(Cc1ccc(F)cc1)C(=O)CN(c1ccc(F)c(Cl)c1)S(C)(=O)=O. The van der Waals surface area contributed by atoms with E-state index in [1.165, 1.54) is 35.2 Å². The average molecular weight is 592 g/mol. The Balaban J connectivity index is 2.06. The Morgan fingerprint density at radius 3 is 2.20 bits per heavy atom. The van der Waals surface area contributed by atoms with Crippen molar-refractivity contribution < 1.29 is 26.8 Å². The number of benzene rings is 3. The highest BCUT2D eigenvalue weighted by Crippen LogP contribution is 2.25. The van der Waals surface area contributed by atoms with Crippen molar-refractivity contribution in [2.24, 2.45) is 0 Å². The molecule has 11 heteroatoms. The van der Waals surface area contributed by atoms with Gasteiger partial charge in [0.15, 0.2) is 0 Å². The molecule has 0 aromatic heterocycles. The first-order chi connectivity index (χ1) is 18.9. The van der Waals surface area contributed by atoms with Crippen LogP contribution >= 0.6 is 11.6 Å². The van der Waals surface area contributed by atoms with Crippen molar-refractivity contribution in [2.45, 2.75) is 45.3 Å². The fraction of sp³-hybridized carbons (Fsp3) is 0.310. The highest BCUT2D eigenvalue weighted by atomic mass is 35.5. The van der Waals surface area contributed by atoms with Crippen molar-refractivity contribution in [3.8, 4) is 0 Å². The lowest BCUT2D eigenvalue weighted by Crippen LogP contribution is -2.54. The van der Waals surface area contributed by atoms with Crippen LogP contribution in [-0.4, -0.2) is 50.0 Å². The summed E-state index contributed by atoms with van der Waals surface area (Å²) in [5.41, 5.74) is 1.32. The van der Waals surface area contributed by atoms with Crippen LogP contribution in [0.2, 0.25) is 5.02 Å². The second kappa shape index (κ2) is 13.7. The minimum Gasteiger partial charge on any atom is -0.352 e. The molecular formula is C29H32ClF2N3O4S. The van der Waals surface area contributed by atoms with Gasteiger partial charge in [-0.1, -0.05) is 61.0 Å². The lowest BCUT2D eigenvalue weighted by molar-refractivity contribution is -0.140. The zero-order valence-corrected chi connectivity index (χ0v) is 24.1. The van der Waals surface area contributed by atoms with Crippen molar-refractivity contribution in [3.05, 3.63) is 101 Å². The Hall–Kier alpha value is -3.50. The summed E-state index contributed by atoms with van der Waals surface area (Å²) in [7, 11) is -4.03. The largest absolute Gasteiger partial charge is 0.352 e. The first-order valence-electron chi connectivity index (χ1n) is 12.7. The molecule has 3 aromatic rings. The molecule has 0 aliphatic carbocycles. The maximum atomic E-state index is 13.9. The molecule has 0 spiro atoms. The third kappa shape index (κ3) is 8.50. The molecule has 7 nitrogen and oxygen atoms in total. The molecule has 0 aliphatic rings. The lowest BCUT2D eigenvalue weighted by atomic mass is 10.0. The third-order valence-electron chi connectivity index (χ3n) is 6.41. The van der Waals surface area contributed by atoms with Crippen LogP contribution in [0.25, 0.3) is 0 Å². The van der Waals surface area contributed by atoms with E-state index in [0.717, 1.165) is 28.3 Å². The second-order valence-corrected chi connectivity index (χ2v) is 11.9. The van der Waals surface area contributed by atoms with Gasteiger partial charge in [0.2, 0.25) is 21.8 Å². The predicted molar refractivity (Wildman–Crippen MR) is 152 cm³/mol. The van der Waals surface area contributed by atoms with Crippen LogP contribution in [0.3, 0.4) is 0 Å². The number of nitrogens with zero attached hydrogens (tertiary/aromatic N) is 2. The highest BCUT2D eigenvalue weighted by molar-refractivity contribution is 7.92. The standard InChI is InChI=1S/C29H32ClF2N3O4S/c1-4-20(2)33-29(37)27(16-21-8-6-5-7-9-21)34(18-22-10-12-23(31)13-11-22)28(36)19-35(40(3,38)39)24-14-15-26(32)25(30)17-24/h5-15,17,20,27H,4,16,18-19H2,1-3H3,(H,33,37). The van der Waals surface area contributed by atoms with Gasteiger partial charge in [0.25, 0.3) is 0 Å². The van der Waals surface area contributed by atoms with Gasteiger partial charge in [-0.25, -0.2) is 17.2 Å². The maximum Gasteiger partial charge on any atom is 0.244 e. The summed E-state index contributed by atoms with van der Waals surface area (Å²) in [6.45, 7) is 2.99. The summed E-state index contributed by atoms with van der Waals surface area (Å²) >= 11 is 5.90. The smallest absolute Gasteiger partial charge is 0.244 e. The molecule has 0 heterocycles. The zero-order valence-electron chi connectivity index (χ0n) is 22.5. The number of rotatable bonds is 12. The summed E-state index contributed by atoms with van der Waals surface area (Å²) in [4.78, 5) is 28.8. The topological polar surface area (TPSA) is 86.8 Å². The number of amides is 2. The van der Waals surface area contributed by atoms with Crippen molar-refractivity contribution in [3.63, 3.8) is 0 Å². The number of nitrogens with one attached hydrogen (secondary N) is 1. The van der Waals surface area contributed by atoms with Crippen LogP contribution in [0.15, 0.2) is 72.8 Å². The molecule has 0 bridgehead atoms. The molecule has 0 aliphatic heterocycles. The molecular weight excluding hydrogens is 560 g/mol. The molecule has 2 unspecified atom stereocenters. The summed E-state index contributed by atoms with van der Waals surface area (Å²) < 4.78 is 53.8.